The Hall–Kier alpha value is -2.18. The molecule has 5 nitrogen and oxygen atoms in total. The average molecular weight is 383 g/mol. The van der Waals surface area contributed by atoms with Crippen LogP contribution in [-0.4, -0.2) is 31.8 Å². The highest BCUT2D eigenvalue weighted by molar-refractivity contribution is 7.71. The normalized spacial score (nSPS) is 18.0. The van der Waals surface area contributed by atoms with E-state index in [2.05, 4.69) is 42.2 Å². The van der Waals surface area contributed by atoms with Crippen molar-refractivity contribution < 1.29 is 4.42 Å². The van der Waals surface area contributed by atoms with Crippen LogP contribution in [0.2, 0.25) is 0 Å². The predicted molar refractivity (Wildman–Crippen MR) is 109 cm³/mol. The van der Waals surface area contributed by atoms with Gasteiger partial charge in [-0.1, -0.05) is 36.8 Å². The zero-order chi connectivity index (χ0) is 18.6. The lowest BCUT2D eigenvalue weighted by atomic mass is 9.96. The van der Waals surface area contributed by atoms with Crippen molar-refractivity contribution in [2.45, 2.75) is 51.9 Å². The monoisotopic (exact) mass is 382 g/mol. The Morgan fingerprint density at radius 3 is 2.74 bits per heavy atom. The van der Waals surface area contributed by atoms with Gasteiger partial charge >= 0.3 is 0 Å². The summed E-state index contributed by atoms with van der Waals surface area (Å²) in [4.78, 5) is 2.53. The van der Waals surface area contributed by atoms with Crippen LogP contribution in [0, 0.1) is 4.77 Å². The molecule has 0 bridgehead atoms. The highest BCUT2D eigenvalue weighted by Crippen LogP contribution is 2.23. The molecule has 0 amide bonds. The third kappa shape index (κ3) is 3.92. The molecule has 1 atom stereocenters. The molecule has 1 fully saturated rings. The number of nitrogens with zero attached hydrogens (tertiary/aromatic N) is 4. The summed E-state index contributed by atoms with van der Waals surface area (Å²) in [6, 6.07) is 15.1. The Balaban J connectivity index is 1.57. The molecule has 0 N–H and O–H groups in total. The van der Waals surface area contributed by atoms with Gasteiger partial charge in [0.15, 0.2) is 16.4 Å². The van der Waals surface area contributed by atoms with E-state index in [1.54, 1.807) is 6.26 Å². The zero-order valence-electron chi connectivity index (χ0n) is 15.8. The number of furan rings is 1. The lowest BCUT2D eigenvalue weighted by Crippen LogP contribution is -2.42. The van der Waals surface area contributed by atoms with Crippen LogP contribution in [0.4, 0.5) is 0 Å². The van der Waals surface area contributed by atoms with E-state index in [-0.39, 0.29) is 0 Å². The van der Waals surface area contributed by atoms with E-state index in [1.807, 2.05) is 21.4 Å². The number of hydrogen-bond acceptors (Lipinski definition) is 4. The Morgan fingerprint density at radius 2 is 2.00 bits per heavy atom. The van der Waals surface area contributed by atoms with Crippen molar-refractivity contribution >= 4 is 12.2 Å². The fraction of sp³-hybridized carbons (Fsp3) is 0.429. The van der Waals surface area contributed by atoms with Crippen LogP contribution in [0.25, 0.3) is 11.6 Å². The third-order valence-electron chi connectivity index (χ3n) is 5.36. The van der Waals surface area contributed by atoms with Crippen LogP contribution in [0.1, 0.15) is 31.7 Å². The molecule has 0 spiro atoms. The first kappa shape index (κ1) is 18.2. The molecule has 142 valence electrons. The van der Waals surface area contributed by atoms with Crippen LogP contribution in [0.15, 0.2) is 53.1 Å². The standard InChI is InChI=1S/C21H26N4OS/c1-2-24-20(19-12-8-14-26-19)22-25(21(24)27)16-23-13-7-6-11-18(23)15-17-9-4-3-5-10-17/h3-5,8-10,12,14,18H,2,6-7,11,13,15-16H2,1H3/t18-/m1/s1. The molecule has 6 heteroatoms. The number of piperidine rings is 1. The molecular formula is C21H26N4OS. The van der Waals surface area contributed by atoms with E-state index in [0.717, 1.165) is 42.5 Å². The molecule has 0 radical (unpaired) electrons. The average Bonchev–Trinajstić information content (AvgIpc) is 3.33. The van der Waals surface area contributed by atoms with Crippen molar-refractivity contribution in [3.05, 3.63) is 59.1 Å². The number of benzene rings is 1. The van der Waals surface area contributed by atoms with Gasteiger partial charge in [-0.05, 0) is 56.1 Å². The number of hydrogen-bond donors (Lipinski definition) is 0. The summed E-state index contributed by atoms with van der Waals surface area (Å²) < 4.78 is 10.3. The van der Waals surface area contributed by atoms with Gasteiger partial charge in [0.05, 0.1) is 12.9 Å². The van der Waals surface area contributed by atoms with Gasteiger partial charge in [0.1, 0.15) is 0 Å². The van der Waals surface area contributed by atoms with Crippen LogP contribution < -0.4 is 0 Å². The molecule has 3 aromatic rings. The smallest absolute Gasteiger partial charge is 0.199 e. The maximum atomic E-state index is 5.72. The van der Waals surface area contributed by atoms with Gasteiger partial charge < -0.3 is 4.42 Å². The van der Waals surface area contributed by atoms with E-state index in [0.29, 0.717) is 6.04 Å². The molecule has 1 aromatic carbocycles. The minimum atomic E-state index is 0.530. The molecule has 27 heavy (non-hydrogen) atoms. The lowest BCUT2D eigenvalue weighted by Gasteiger charge is -2.35. The Bertz CT molecular complexity index is 914. The summed E-state index contributed by atoms with van der Waals surface area (Å²) in [5.74, 6) is 1.57. The minimum Gasteiger partial charge on any atom is -0.461 e. The van der Waals surface area contributed by atoms with Crippen molar-refractivity contribution in [2.24, 2.45) is 0 Å². The first-order valence-electron chi connectivity index (χ1n) is 9.75. The number of rotatable bonds is 6. The van der Waals surface area contributed by atoms with E-state index in [9.17, 15) is 0 Å². The minimum absolute atomic E-state index is 0.530. The van der Waals surface area contributed by atoms with Crippen LogP contribution in [0.5, 0.6) is 0 Å². The molecule has 0 aliphatic carbocycles. The summed E-state index contributed by atoms with van der Waals surface area (Å²) in [6.07, 6.45) is 6.51. The van der Waals surface area contributed by atoms with Crippen molar-refractivity contribution in [3.63, 3.8) is 0 Å². The van der Waals surface area contributed by atoms with Gasteiger partial charge in [-0.25, -0.2) is 4.68 Å². The van der Waals surface area contributed by atoms with Crippen molar-refractivity contribution in [1.82, 2.24) is 19.2 Å². The predicted octanol–water partition coefficient (Wildman–Crippen LogP) is 4.75. The summed E-state index contributed by atoms with van der Waals surface area (Å²) in [5, 5.41) is 4.80. The number of aromatic nitrogens is 3. The van der Waals surface area contributed by atoms with E-state index in [4.69, 9.17) is 21.7 Å². The second-order valence-corrected chi connectivity index (χ2v) is 7.49. The molecular weight excluding hydrogens is 356 g/mol. The maximum absolute atomic E-state index is 5.72. The molecule has 3 heterocycles. The Morgan fingerprint density at radius 1 is 1.15 bits per heavy atom. The van der Waals surface area contributed by atoms with Gasteiger partial charge in [-0.15, -0.1) is 5.10 Å². The van der Waals surface area contributed by atoms with Crippen LogP contribution in [-0.2, 0) is 19.6 Å². The van der Waals surface area contributed by atoms with Gasteiger partial charge in [0.25, 0.3) is 0 Å². The van der Waals surface area contributed by atoms with Gasteiger partial charge in [0.2, 0.25) is 0 Å². The fourth-order valence-electron chi connectivity index (χ4n) is 3.94. The SMILES string of the molecule is CCn1c(-c2ccco2)nn(CN2CCCC[C@@H]2Cc2ccccc2)c1=S. The first-order valence-corrected chi connectivity index (χ1v) is 10.2. The van der Waals surface area contributed by atoms with Gasteiger partial charge in [-0.3, -0.25) is 9.47 Å². The fourth-order valence-corrected chi connectivity index (χ4v) is 4.26. The zero-order valence-corrected chi connectivity index (χ0v) is 16.6. The summed E-state index contributed by atoms with van der Waals surface area (Å²) >= 11 is 5.72. The first-order chi connectivity index (χ1) is 13.3. The molecule has 4 rings (SSSR count). The molecule has 1 saturated heterocycles. The topological polar surface area (TPSA) is 39.1 Å². The molecule has 0 unspecified atom stereocenters. The second kappa shape index (κ2) is 8.23. The highest BCUT2D eigenvalue weighted by Gasteiger charge is 2.24. The summed E-state index contributed by atoms with van der Waals surface area (Å²) in [5.41, 5.74) is 1.40. The molecule has 1 aliphatic rings. The highest BCUT2D eigenvalue weighted by atomic mass is 32.1. The largest absolute Gasteiger partial charge is 0.461 e. The van der Waals surface area contributed by atoms with Crippen LogP contribution in [0.3, 0.4) is 0 Å². The van der Waals surface area contributed by atoms with Gasteiger partial charge in [-0.2, -0.15) is 0 Å². The van der Waals surface area contributed by atoms with Crippen LogP contribution >= 0.6 is 12.2 Å². The molecule has 2 aromatic heterocycles. The maximum Gasteiger partial charge on any atom is 0.199 e. The van der Waals surface area contributed by atoms with Gasteiger partial charge in [0, 0.05) is 19.1 Å². The van der Waals surface area contributed by atoms with E-state index in [1.165, 1.54) is 24.8 Å². The molecule has 1 aliphatic heterocycles. The van der Waals surface area contributed by atoms with Crippen molar-refractivity contribution in [2.75, 3.05) is 6.54 Å². The lowest BCUT2D eigenvalue weighted by molar-refractivity contribution is 0.103. The number of likely N-dealkylation sites (tertiary alicyclic amines) is 1. The van der Waals surface area contributed by atoms with E-state index < -0.39 is 0 Å². The third-order valence-corrected chi connectivity index (χ3v) is 5.79. The summed E-state index contributed by atoms with van der Waals surface area (Å²) in [6.45, 7) is 4.70. The Kier molecular flexibility index (Phi) is 5.55. The molecule has 0 saturated carbocycles. The van der Waals surface area contributed by atoms with Crippen molar-refractivity contribution in [3.8, 4) is 11.6 Å². The second-order valence-electron chi connectivity index (χ2n) is 7.12. The quantitative estimate of drug-likeness (QED) is 0.577. The van der Waals surface area contributed by atoms with Crippen molar-refractivity contribution in [1.29, 1.82) is 0 Å². The Labute approximate surface area is 165 Å². The summed E-state index contributed by atoms with van der Waals surface area (Å²) in [7, 11) is 0. The van der Waals surface area contributed by atoms with E-state index >= 15 is 0 Å².